The highest BCUT2D eigenvalue weighted by Crippen LogP contribution is 2.13. The zero-order chi connectivity index (χ0) is 16.0. The van der Waals surface area contributed by atoms with Gasteiger partial charge in [-0.1, -0.05) is 6.07 Å². The molecule has 0 bridgehead atoms. The molecule has 0 aliphatic heterocycles. The van der Waals surface area contributed by atoms with E-state index in [1.54, 1.807) is 18.5 Å². The number of nitrogens with one attached hydrogen (secondary N) is 3. The smallest absolute Gasteiger partial charge is 0.319 e. The normalized spacial score (nSPS) is 11.0. The van der Waals surface area contributed by atoms with Crippen LogP contribution in [0.3, 0.4) is 0 Å². The summed E-state index contributed by atoms with van der Waals surface area (Å²) in [7, 11) is -2.13. The first-order chi connectivity index (χ1) is 10.5. The maximum Gasteiger partial charge on any atom is 0.319 e. The summed E-state index contributed by atoms with van der Waals surface area (Å²) in [6, 6.07) is 9.14. The Kier molecular flexibility index (Phi) is 5.08. The zero-order valence-corrected chi connectivity index (χ0v) is 12.7. The number of benzene rings is 1. The van der Waals surface area contributed by atoms with Crippen LogP contribution in [0.15, 0.2) is 53.7 Å². The molecular weight excluding hydrogens is 304 g/mol. The first kappa shape index (κ1) is 15.9. The first-order valence-corrected chi connectivity index (χ1v) is 7.97. The van der Waals surface area contributed by atoms with Gasteiger partial charge in [0.15, 0.2) is 0 Å². The Hall–Kier alpha value is -2.45. The highest BCUT2D eigenvalue weighted by Gasteiger charge is 2.10. The van der Waals surface area contributed by atoms with Gasteiger partial charge in [0.2, 0.25) is 10.0 Å². The number of sulfonamides is 1. The van der Waals surface area contributed by atoms with Gasteiger partial charge >= 0.3 is 6.03 Å². The number of anilines is 1. The lowest BCUT2D eigenvalue weighted by atomic mass is 10.3. The Balaban J connectivity index is 1.92. The van der Waals surface area contributed by atoms with Crippen molar-refractivity contribution in [2.45, 2.75) is 11.4 Å². The fourth-order valence-electron chi connectivity index (χ4n) is 1.70. The molecule has 0 radical (unpaired) electrons. The van der Waals surface area contributed by atoms with Gasteiger partial charge in [-0.05, 0) is 42.9 Å². The maximum absolute atomic E-state index is 11.8. The monoisotopic (exact) mass is 320 g/mol. The summed E-state index contributed by atoms with van der Waals surface area (Å²) in [4.78, 5) is 15.8. The Morgan fingerprint density at radius 2 is 1.91 bits per heavy atom. The Labute approximate surface area is 128 Å². The second kappa shape index (κ2) is 7.01. The number of hydrogen-bond acceptors (Lipinski definition) is 4. The van der Waals surface area contributed by atoms with E-state index in [9.17, 15) is 13.2 Å². The molecule has 1 aromatic carbocycles. The lowest BCUT2D eigenvalue weighted by Gasteiger charge is -2.08. The summed E-state index contributed by atoms with van der Waals surface area (Å²) in [5, 5.41) is 5.31. The highest BCUT2D eigenvalue weighted by molar-refractivity contribution is 7.89. The van der Waals surface area contributed by atoms with E-state index in [4.69, 9.17) is 0 Å². The molecule has 0 atom stereocenters. The molecule has 1 heterocycles. The van der Waals surface area contributed by atoms with Crippen LogP contribution in [0.2, 0.25) is 0 Å². The van der Waals surface area contributed by atoms with E-state index in [0.717, 1.165) is 5.56 Å². The number of nitrogens with zero attached hydrogens (tertiary/aromatic N) is 1. The van der Waals surface area contributed by atoms with Gasteiger partial charge in [0.1, 0.15) is 0 Å². The fraction of sp³-hybridized carbons (Fsp3) is 0.143. The predicted octanol–water partition coefficient (Wildman–Crippen LogP) is 1.31. The minimum Gasteiger partial charge on any atom is -0.334 e. The third-order valence-corrected chi connectivity index (χ3v) is 4.30. The quantitative estimate of drug-likeness (QED) is 0.773. The number of amides is 2. The molecule has 116 valence electrons. The molecule has 0 saturated heterocycles. The van der Waals surface area contributed by atoms with Gasteiger partial charge in [-0.15, -0.1) is 0 Å². The van der Waals surface area contributed by atoms with Crippen molar-refractivity contribution in [2.24, 2.45) is 0 Å². The summed E-state index contributed by atoms with van der Waals surface area (Å²) in [6.07, 6.45) is 3.32. The Morgan fingerprint density at radius 3 is 2.50 bits per heavy atom. The molecule has 0 aliphatic rings. The van der Waals surface area contributed by atoms with Gasteiger partial charge in [0.05, 0.1) is 4.90 Å². The number of rotatable bonds is 5. The van der Waals surface area contributed by atoms with Crippen molar-refractivity contribution in [2.75, 3.05) is 12.4 Å². The lowest BCUT2D eigenvalue weighted by molar-refractivity contribution is 0.251. The standard InChI is InChI=1S/C14H16N4O3S/c1-15-22(20,21)13-6-4-12(5-7-13)18-14(19)17-10-11-3-2-8-16-9-11/h2-9,15H,10H2,1H3,(H2,17,18,19). The van der Waals surface area contributed by atoms with Crippen molar-refractivity contribution in [1.29, 1.82) is 0 Å². The second-order valence-corrected chi connectivity index (χ2v) is 6.29. The van der Waals surface area contributed by atoms with Gasteiger partial charge in [0.25, 0.3) is 0 Å². The molecule has 0 spiro atoms. The summed E-state index contributed by atoms with van der Waals surface area (Å²) in [5.41, 5.74) is 1.38. The third kappa shape index (κ3) is 4.27. The van der Waals surface area contributed by atoms with E-state index >= 15 is 0 Å². The third-order valence-electron chi connectivity index (χ3n) is 2.87. The van der Waals surface area contributed by atoms with Gasteiger partial charge < -0.3 is 10.6 Å². The van der Waals surface area contributed by atoms with Crippen molar-refractivity contribution in [3.8, 4) is 0 Å². The van der Waals surface area contributed by atoms with E-state index in [-0.39, 0.29) is 10.9 Å². The molecular formula is C14H16N4O3S. The Morgan fingerprint density at radius 1 is 1.18 bits per heavy atom. The topological polar surface area (TPSA) is 100 Å². The van der Waals surface area contributed by atoms with E-state index < -0.39 is 10.0 Å². The van der Waals surface area contributed by atoms with Gasteiger partial charge in [-0.2, -0.15) is 0 Å². The van der Waals surface area contributed by atoms with Crippen LogP contribution in [-0.4, -0.2) is 26.5 Å². The number of carbonyl (C=O) groups excluding carboxylic acids is 1. The van der Waals surface area contributed by atoms with Crippen LogP contribution >= 0.6 is 0 Å². The van der Waals surface area contributed by atoms with E-state index in [0.29, 0.717) is 12.2 Å². The summed E-state index contributed by atoms with van der Waals surface area (Å²) in [5.74, 6) is 0. The largest absolute Gasteiger partial charge is 0.334 e. The Bertz CT molecular complexity index is 730. The summed E-state index contributed by atoms with van der Waals surface area (Å²) < 4.78 is 25.4. The van der Waals surface area contributed by atoms with Crippen LogP contribution in [0, 0.1) is 0 Å². The van der Waals surface area contributed by atoms with Crippen molar-refractivity contribution < 1.29 is 13.2 Å². The minimum atomic E-state index is -3.47. The zero-order valence-electron chi connectivity index (χ0n) is 11.9. The molecule has 2 amide bonds. The molecule has 0 aliphatic carbocycles. The molecule has 1 aromatic heterocycles. The first-order valence-electron chi connectivity index (χ1n) is 6.48. The lowest BCUT2D eigenvalue weighted by Crippen LogP contribution is -2.28. The fourth-order valence-corrected chi connectivity index (χ4v) is 2.43. The number of carbonyl (C=O) groups is 1. The summed E-state index contributed by atoms with van der Waals surface area (Å²) in [6.45, 7) is 0.353. The second-order valence-electron chi connectivity index (χ2n) is 4.40. The molecule has 22 heavy (non-hydrogen) atoms. The van der Waals surface area contributed by atoms with Crippen molar-refractivity contribution in [3.63, 3.8) is 0 Å². The average molecular weight is 320 g/mol. The van der Waals surface area contributed by atoms with Crippen LogP contribution in [0.4, 0.5) is 10.5 Å². The molecule has 0 unspecified atom stereocenters. The van der Waals surface area contributed by atoms with Gasteiger partial charge in [0, 0.05) is 24.6 Å². The predicted molar refractivity (Wildman–Crippen MR) is 82.8 cm³/mol. The molecule has 0 saturated carbocycles. The highest BCUT2D eigenvalue weighted by atomic mass is 32.2. The van der Waals surface area contributed by atoms with Gasteiger partial charge in [-0.25, -0.2) is 17.9 Å². The van der Waals surface area contributed by atoms with Crippen LogP contribution in [0.25, 0.3) is 0 Å². The summed E-state index contributed by atoms with van der Waals surface area (Å²) >= 11 is 0. The van der Waals surface area contributed by atoms with Crippen molar-refractivity contribution in [1.82, 2.24) is 15.0 Å². The van der Waals surface area contributed by atoms with Crippen LogP contribution in [0.1, 0.15) is 5.56 Å². The van der Waals surface area contributed by atoms with Crippen molar-refractivity contribution in [3.05, 3.63) is 54.4 Å². The van der Waals surface area contributed by atoms with E-state index in [1.165, 1.54) is 31.3 Å². The molecule has 2 aromatic rings. The molecule has 8 heteroatoms. The number of aromatic nitrogens is 1. The van der Waals surface area contributed by atoms with Crippen LogP contribution in [0.5, 0.6) is 0 Å². The van der Waals surface area contributed by atoms with Crippen LogP contribution < -0.4 is 15.4 Å². The number of urea groups is 1. The van der Waals surface area contributed by atoms with E-state index in [1.807, 2.05) is 6.07 Å². The number of hydrogen-bond donors (Lipinski definition) is 3. The molecule has 0 fully saturated rings. The molecule has 2 rings (SSSR count). The number of pyridine rings is 1. The van der Waals surface area contributed by atoms with Crippen LogP contribution in [-0.2, 0) is 16.6 Å². The van der Waals surface area contributed by atoms with Gasteiger partial charge in [-0.3, -0.25) is 4.98 Å². The molecule has 7 nitrogen and oxygen atoms in total. The average Bonchev–Trinajstić information content (AvgIpc) is 2.54. The minimum absolute atomic E-state index is 0.135. The van der Waals surface area contributed by atoms with Crippen molar-refractivity contribution >= 4 is 21.7 Å². The molecule has 3 N–H and O–H groups in total. The maximum atomic E-state index is 11.8. The van der Waals surface area contributed by atoms with E-state index in [2.05, 4.69) is 20.3 Å². The SMILES string of the molecule is CNS(=O)(=O)c1ccc(NC(=O)NCc2cccnc2)cc1.